The van der Waals surface area contributed by atoms with E-state index in [2.05, 4.69) is 10.6 Å². The number of para-hydroxylation sites is 1. The van der Waals surface area contributed by atoms with Gasteiger partial charge >= 0.3 is 11.9 Å². The molecular formula is C20H28N2O8. The van der Waals surface area contributed by atoms with Crippen molar-refractivity contribution in [3.63, 3.8) is 0 Å². The number of hydrogen-bond donors (Lipinski definition) is 3. The largest absolute Gasteiger partial charge is 0.486 e. The topological polar surface area (TPSA) is 132 Å². The van der Waals surface area contributed by atoms with E-state index in [1.165, 1.54) is 0 Å². The summed E-state index contributed by atoms with van der Waals surface area (Å²) in [6, 6.07) is 5.18. The van der Waals surface area contributed by atoms with Crippen molar-refractivity contribution >= 4 is 17.8 Å². The molecule has 0 saturated carbocycles. The number of amides is 1. The number of rotatable bonds is 11. The average Bonchev–Trinajstić information content (AvgIpc) is 2.73. The van der Waals surface area contributed by atoms with Crippen LogP contribution in [-0.2, 0) is 19.1 Å². The Morgan fingerprint density at radius 2 is 1.93 bits per heavy atom. The van der Waals surface area contributed by atoms with E-state index in [1.807, 2.05) is 13.8 Å². The van der Waals surface area contributed by atoms with Crippen molar-refractivity contribution in [2.75, 3.05) is 39.5 Å². The number of benzene rings is 1. The maximum Gasteiger partial charge on any atom is 0.417 e. The van der Waals surface area contributed by atoms with E-state index < -0.39 is 18.0 Å². The number of aliphatic carboxylic acids is 1. The predicted octanol–water partition coefficient (Wildman–Crippen LogP) is 0.585. The van der Waals surface area contributed by atoms with E-state index in [9.17, 15) is 14.4 Å². The van der Waals surface area contributed by atoms with Crippen LogP contribution in [0.4, 0.5) is 0 Å². The van der Waals surface area contributed by atoms with Gasteiger partial charge in [0.1, 0.15) is 25.9 Å². The normalized spacial score (nSPS) is 13.4. The van der Waals surface area contributed by atoms with Crippen LogP contribution < -0.4 is 24.8 Å². The van der Waals surface area contributed by atoms with Crippen molar-refractivity contribution < 1.29 is 38.4 Å². The van der Waals surface area contributed by atoms with E-state index in [1.54, 1.807) is 18.2 Å². The van der Waals surface area contributed by atoms with E-state index >= 15 is 0 Å². The highest BCUT2D eigenvalue weighted by Gasteiger charge is 2.22. The van der Waals surface area contributed by atoms with Gasteiger partial charge in [-0.1, -0.05) is 19.9 Å². The van der Waals surface area contributed by atoms with Gasteiger partial charge in [0.2, 0.25) is 11.7 Å². The van der Waals surface area contributed by atoms with Gasteiger partial charge in [-0.25, -0.2) is 9.59 Å². The zero-order valence-electron chi connectivity index (χ0n) is 17.1. The second-order valence-corrected chi connectivity index (χ2v) is 6.93. The molecule has 166 valence electrons. The molecule has 1 aliphatic heterocycles. The van der Waals surface area contributed by atoms with E-state index in [-0.39, 0.29) is 25.0 Å². The van der Waals surface area contributed by atoms with E-state index in [0.29, 0.717) is 50.0 Å². The van der Waals surface area contributed by atoms with Gasteiger partial charge < -0.3 is 34.7 Å². The molecule has 30 heavy (non-hydrogen) atoms. The summed E-state index contributed by atoms with van der Waals surface area (Å²) in [5.74, 6) is -1.70. The summed E-state index contributed by atoms with van der Waals surface area (Å²) in [5.41, 5.74) is 0. The fraction of sp³-hybridized carbons (Fsp3) is 0.550. The Kier molecular flexibility index (Phi) is 9.20. The number of fused-ring (bicyclic) bond motifs is 1. The van der Waals surface area contributed by atoms with Crippen LogP contribution in [0.15, 0.2) is 18.2 Å². The van der Waals surface area contributed by atoms with Crippen molar-refractivity contribution in [1.82, 2.24) is 10.6 Å². The first kappa shape index (κ1) is 23.3. The van der Waals surface area contributed by atoms with Gasteiger partial charge in [0.15, 0.2) is 11.5 Å². The highest BCUT2D eigenvalue weighted by atomic mass is 16.6. The smallest absolute Gasteiger partial charge is 0.417 e. The predicted molar refractivity (Wildman–Crippen MR) is 106 cm³/mol. The summed E-state index contributed by atoms with van der Waals surface area (Å²) in [6.45, 7) is 5.62. The molecule has 1 amide bonds. The number of ether oxygens (including phenoxy) is 4. The van der Waals surface area contributed by atoms with Crippen LogP contribution in [-0.4, -0.2) is 68.5 Å². The first-order valence-corrected chi connectivity index (χ1v) is 9.82. The Balaban J connectivity index is 1.83. The van der Waals surface area contributed by atoms with Gasteiger partial charge in [-0.15, -0.1) is 0 Å². The maximum absolute atomic E-state index is 11.5. The quantitative estimate of drug-likeness (QED) is 0.265. The molecule has 1 aromatic carbocycles. The molecular weight excluding hydrogens is 396 g/mol. The Labute approximate surface area is 174 Å². The number of hydrogen-bond acceptors (Lipinski definition) is 8. The minimum atomic E-state index is -1.68. The SMILES string of the molecule is CC(C)C(=O)NCCCNCC(COc1cccc2c1OCCO2)OC(=O)C(=O)O. The van der Waals surface area contributed by atoms with Crippen LogP contribution in [0.25, 0.3) is 0 Å². The van der Waals surface area contributed by atoms with Crippen LogP contribution in [0.1, 0.15) is 20.3 Å². The molecule has 0 aromatic heterocycles. The van der Waals surface area contributed by atoms with Gasteiger partial charge in [-0.2, -0.15) is 0 Å². The van der Waals surface area contributed by atoms with Crippen molar-refractivity contribution in [2.24, 2.45) is 5.92 Å². The Morgan fingerprint density at radius 3 is 2.67 bits per heavy atom. The molecule has 1 unspecified atom stereocenters. The summed E-state index contributed by atoms with van der Waals surface area (Å²) in [5, 5.41) is 14.7. The Morgan fingerprint density at radius 1 is 1.17 bits per heavy atom. The molecule has 0 fully saturated rings. The van der Waals surface area contributed by atoms with Crippen molar-refractivity contribution in [3.8, 4) is 17.2 Å². The number of nitrogens with one attached hydrogen (secondary N) is 2. The third-order valence-corrected chi connectivity index (χ3v) is 4.13. The fourth-order valence-electron chi connectivity index (χ4n) is 2.57. The average molecular weight is 424 g/mol. The first-order valence-electron chi connectivity index (χ1n) is 9.82. The number of esters is 1. The van der Waals surface area contributed by atoms with E-state index in [4.69, 9.17) is 24.1 Å². The molecule has 1 aromatic rings. The molecule has 0 radical (unpaired) electrons. The summed E-state index contributed by atoms with van der Waals surface area (Å²) < 4.78 is 21.8. The Hall–Kier alpha value is -3.01. The number of carboxylic acids is 1. The third kappa shape index (κ3) is 7.43. The van der Waals surface area contributed by atoms with Gasteiger partial charge in [-0.05, 0) is 25.1 Å². The van der Waals surface area contributed by atoms with E-state index in [0.717, 1.165) is 0 Å². The maximum atomic E-state index is 11.5. The highest BCUT2D eigenvalue weighted by molar-refractivity contribution is 6.28. The van der Waals surface area contributed by atoms with Gasteiger partial charge in [-0.3, -0.25) is 4.79 Å². The molecule has 0 bridgehead atoms. The fourth-order valence-corrected chi connectivity index (χ4v) is 2.57. The minimum absolute atomic E-state index is 0.0194. The molecule has 3 N–H and O–H groups in total. The summed E-state index contributed by atoms with van der Waals surface area (Å²) >= 11 is 0. The molecule has 1 aliphatic rings. The lowest BCUT2D eigenvalue weighted by atomic mass is 10.2. The van der Waals surface area contributed by atoms with Gasteiger partial charge in [0.25, 0.3) is 0 Å². The number of carbonyl (C=O) groups excluding carboxylic acids is 2. The van der Waals surface area contributed by atoms with Crippen LogP contribution in [0.3, 0.4) is 0 Å². The van der Waals surface area contributed by atoms with Crippen LogP contribution in [0.2, 0.25) is 0 Å². The molecule has 10 heteroatoms. The zero-order chi connectivity index (χ0) is 21.9. The molecule has 0 aliphatic carbocycles. The number of carboxylic acid groups (broad SMARTS) is 1. The second-order valence-electron chi connectivity index (χ2n) is 6.93. The van der Waals surface area contributed by atoms with Gasteiger partial charge in [0.05, 0.1) is 0 Å². The zero-order valence-corrected chi connectivity index (χ0v) is 17.1. The van der Waals surface area contributed by atoms with Crippen molar-refractivity contribution in [3.05, 3.63) is 18.2 Å². The van der Waals surface area contributed by atoms with Crippen LogP contribution in [0.5, 0.6) is 17.2 Å². The lowest BCUT2D eigenvalue weighted by Gasteiger charge is -2.22. The molecule has 1 heterocycles. The monoisotopic (exact) mass is 424 g/mol. The molecule has 0 spiro atoms. The first-order chi connectivity index (χ1) is 14.4. The minimum Gasteiger partial charge on any atom is -0.486 e. The van der Waals surface area contributed by atoms with Crippen molar-refractivity contribution in [1.29, 1.82) is 0 Å². The highest BCUT2D eigenvalue weighted by Crippen LogP contribution is 2.38. The standard InChI is InChI=1S/C20H28N2O8/c1-13(2)18(23)22-8-4-7-21-11-14(30-20(26)19(24)25)12-29-16-6-3-5-15-17(16)28-10-9-27-15/h3,5-6,13-14,21H,4,7-12H2,1-2H3,(H,22,23)(H,24,25). The third-order valence-electron chi connectivity index (χ3n) is 4.13. The second kappa shape index (κ2) is 11.9. The van der Waals surface area contributed by atoms with Gasteiger partial charge in [0, 0.05) is 19.0 Å². The van der Waals surface area contributed by atoms with Crippen LogP contribution in [0, 0.1) is 5.92 Å². The molecule has 10 nitrogen and oxygen atoms in total. The summed E-state index contributed by atoms with van der Waals surface area (Å²) in [4.78, 5) is 33.8. The van der Waals surface area contributed by atoms with Crippen molar-refractivity contribution in [2.45, 2.75) is 26.4 Å². The number of carbonyl (C=O) groups is 3. The van der Waals surface area contributed by atoms with Crippen LogP contribution >= 0.6 is 0 Å². The summed E-state index contributed by atoms with van der Waals surface area (Å²) in [6.07, 6.45) is -0.171. The molecule has 1 atom stereocenters. The lowest BCUT2D eigenvalue weighted by Crippen LogP contribution is -2.38. The summed E-state index contributed by atoms with van der Waals surface area (Å²) in [7, 11) is 0. The molecule has 0 saturated heterocycles. The lowest BCUT2D eigenvalue weighted by molar-refractivity contribution is -0.168. The Bertz CT molecular complexity index is 738. The molecule has 2 rings (SSSR count).